The molecular formula is C19H23NO4. The van der Waals surface area contributed by atoms with E-state index < -0.39 is 0 Å². The van der Waals surface area contributed by atoms with Crippen molar-refractivity contribution in [2.24, 2.45) is 0 Å². The zero-order valence-electron chi connectivity index (χ0n) is 14.7. The number of hydrogen-bond donors (Lipinski definition) is 1. The predicted molar refractivity (Wildman–Crippen MR) is 93.2 cm³/mol. The number of rotatable bonds is 6. The molecule has 2 aromatic carbocycles. The van der Waals surface area contributed by atoms with Gasteiger partial charge in [0.1, 0.15) is 0 Å². The van der Waals surface area contributed by atoms with Crippen LogP contribution in [0.2, 0.25) is 0 Å². The van der Waals surface area contributed by atoms with E-state index in [0.29, 0.717) is 29.4 Å². The van der Waals surface area contributed by atoms with Crippen LogP contribution in [-0.2, 0) is 6.54 Å². The standard InChI is InChI=1S/C19H23NO4/c1-12-6-7-14(13(2)8-12)11-20-19(21)15-9-16(22-3)18(24-5)17(10-15)23-4/h6-10H,11H2,1-5H3,(H,20,21). The van der Waals surface area contributed by atoms with Gasteiger partial charge in [0.2, 0.25) is 5.75 Å². The summed E-state index contributed by atoms with van der Waals surface area (Å²) < 4.78 is 15.8. The van der Waals surface area contributed by atoms with Crippen molar-refractivity contribution in [3.8, 4) is 17.2 Å². The number of benzene rings is 2. The molecule has 2 aromatic rings. The van der Waals surface area contributed by atoms with Crippen LogP contribution >= 0.6 is 0 Å². The Hall–Kier alpha value is -2.69. The lowest BCUT2D eigenvalue weighted by Crippen LogP contribution is -2.23. The molecule has 0 saturated heterocycles. The second-order valence-electron chi connectivity index (χ2n) is 5.53. The van der Waals surface area contributed by atoms with E-state index in [1.54, 1.807) is 12.1 Å². The minimum absolute atomic E-state index is 0.200. The van der Waals surface area contributed by atoms with Crippen molar-refractivity contribution < 1.29 is 19.0 Å². The van der Waals surface area contributed by atoms with Gasteiger partial charge in [0.05, 0.1) is 21.3 Å². The highest BCUT2D eigenvalue weighted by molar-refractivity contribution is 5.95. The number of ether oxygens (including phenoxy) is 3. The molecule has 0 saturated carbocycles. The van der Waals surface area contributed by atoms with Crippen molar-refractivity contribution in [2.45, 2.75) is 20.4 Å². The zero-order valence-corrected chi connectivity index (χ0v) is 14.7. The fourth-order valence-corrected chi connectivity index (χ4v) is 2.53. The molecule has 5 heteroatoms. The van der Waals surface area contributed by atoms with Gasteiger partial charge in [-0.2, -0.15) is 0 Å². The first kappa shape index (κ1) is 17.7. The van der Waals surface area contributed by atoms with Crippen LogP contribution in [0.15, 0.2) is 30.3 Å². The largest absolute Gasteiger partial charge is 0.493 e. The lowest BCUT2D eigenvalue weighted by Gasteiger charge is -2.14. The third-order valence-electron chi connectivity index (χ3n) is 3.86. The quantitative estimate of drug-likeness (QED) is 0.884. The first-order valence-electron chi connectivity index (χ1n) is 7.64. The molecule has 1 amide bonds. The lowest BCUT2D eigenvalue weighted by molar-refractivity contribution is 0.0950. The number of hydrogen-bond acceptors (Lipinski definition) is 4. The van der Waals surface area contributed by atoms with Gasteiger partial charge in [0.25, 0.3) is 5.91 Å². The predicted octanol–water partition coefficient (Wildman–Crippen LogP) is 3.26. The topological polar surface area (TPSA) is 56.8 Å². The molecule has 128 valence electrons. The van der Waals surface area contributed by atoms with Gasteiger partial charge in [-0.1, -0.05) is 23.8 Å². The number of nitrogens with one attached hydrogen (secondary N) is 1. The monoisotopic (exact) mass is 329 g/mol. The van der Waals surface area contributed by atoms with E-state index in [9.17, 15) is 4.79 Å². The second-order valence-corrected chi connectivity index (χ2v) is 5.53. The first-order chi connectivity index (χ1) is 11.5. The normalized spacial score (nSPS) is 10.2. The van der Waals surface area contributed by atoms with Crippen LogP contribution in [0, 0.1) is 13.8 Å². The van der Waals surface area contributed by atoms with Crippen LogP contribution in [0.4, 0.5) is 0 Å². The average molecular weight is 329 g/mol. The van der Waals surface area contributed by atoms with Gasteiger partial charge in [0.15, 0.2) is 11.5 Å². The van der Waals surface area contributed by atoms with Crippen LogP contribution in [0.5, 0.6) is 17.2 Å². The third-order valence-corrected chi connectivity index (χ3v) is 3.86. The number of aryl methyl sites for hydroxylation is 2. The number of methoxy groups -OCH3 is 3. The third kappa shape index (κ3) is 3.79. The van der Waals surface area contributed by atoms with Crippen molar-refractivity contribution in [3.05, 3.63) is 52.6 Å². The first-order valence-corrected chi connectivity index (χ1v) is 7.64. The number of carbonyl (C=O) groups is 1. The summed E-state index contributed by atoms with van der Waals surface area (Å²) in [5.74, 6) is 1.17. The summed E-state index contributed by atoms with van der Waals surface area (Å²) in [6.07, 6.45) is 0. The molecule has 0 heterocycles. The van der Waals surface area contributed by atoms with Crippen LogP contribution in [0.25, 0.3) is 0 Å². The summed E-state index contributed by atoms with van der Waals surface area (Å²) in [6, 6.07) is 9.44. The van der Waals surface area contributed by atoms with Gasteiger partial charge in [-0.25, -0.2) is 0 Å². The van der Waals surface area contributed by atoms with E-state index in [1.807, 2.05) is 26.0 Å². The Kier molecular flexibility index (Phi) is 5.68. The van der Waals surface area contributed by atoms with Crippen molar-refractivity contribution in [2.75, 3.05) is 21.3 Å². The van der Waals surface area contributed by atoms with Gasteiger partial charge in [-0.15, -0.1) is 0 Å². The van der Waals surface area contributed by atoms with E-state index in [1.165, 1.54) is 26.9 Å². The zero-order chi connectivity index (χ0) is 17.7. The molecule has 0 unspecified atom stereocenters. The fraction of sp³-hybridized carbons (Fsp3) is 0.316. The Balaban J connectivity index is 2.20. The van der Waals surface area contributed by atoms with Gasteiger partial charge >= 0.3 is 0 Å². The molecule has 0 aliphatic rings. The van der Waals surface area contributed by atoms with Crippen molar-refractivity contribution in [3.63, 3.8) is 0 Å². The minimum Gasteiger partial charge on any atom is -0.493 e. The highest BCUT2D eigenvalue weighted by atomic mass is 16.5. The summed E-state index contributed by atoms with van der Waals surface area (Å²) >= 11 is 0. The Labute approximate surface area is 142 Å². The minimum atomic E-state index is -0.200. The molecule has 0 atom stereocenters. The average Bonchev–Trinajstić information content (AvgIpc) is 2.59. The molecule has 0 aromatic heterocycles. The maximum Gasteiger partial charge on any atom is 0.251 e. The molecule has 0 aliphatic heterocycles. The molecule has 0 spiro atoms. The Bertz CT molecular complexity index is 715. The van der Waals surface area contributed by atoms with Gasteiger partial charge < -0.3 is 19.5 Å². The summed E-state index contributed by atoms with van der Waals surface area (Å²) in [7, 11) is 4.57. The fourth-order valence-electron chi connectivity index (χ4n) is 2.53. The van der Waals surface area contributed by atoms with Gasteiger partial charge in [0, 0.05) is 12.1 Å². The van der Waals surface area contributed by atoms with Crippen LogP contribution in [0.1, 0.15) is 27.0 Å². The summed E-state index contributed by atoms with van der Waals surface area (Å²) in [4.78, 5) is 12.5. The molecule has 0 fully saturated rings. The van der Waals surface area contributed by atoms with E-state index in [4.69, 9.17) is 14.2 Å². The van der Waals surface area contributed by atoms with E-state index in [0.717, 1.165) is 11.1 Å². The maximum atomic E-state index is 12.5. The molecule has 2 rings (SSSR count). The summed E-state index contributed by atoms with van der Waals surface area (Å²) in [5, 5.41) is 2.92. The second kappa shape index (κ2) is 7.73. The lowest BCUT2D eigenvalue weighted by atomic mass is 10.1. The van der Waals surface area contributed by atoms with Crippen molar-refractivity contribution >= 4 is 5.91 Å². The van der Waals surface area contributed by atoms with Gasteiger partial charge in [-0.3, -0.25) is 4.79 Å². The molecule has 1 N–H and O–H groups in total. The van der Waals surface area contributed by atoms with E-state index in [-0.39, 0.29) is 5.91 Å². The highest BCUT2D eigenvalue weighted by Gasteiger charge is 2.17. The Morgan fingerprint density at radius 3 is 2.08 bits per heavy atom. The van der Waals surface area contributed by atoms with Crippen molar-refractivity contribution in [1.82, 2.24) is 5.32 Å². The number of carbonyl (C=O) groups excluding carboxylic acids is 1. The Morgan fingerprint density at radius 2 is 1.58 bits per heavy atom. The Morgan fingerprint density at radius 1 is 0.958 bits per heavy atom. The van der Waals surface area contributed by atoms with E-state index >= 15 is 0 Å². The molecular weight excluding hydrogens is 306 g/mol. The van der Waals surface area contributed by atoms with Crippen molar-refractivity contribution in [1.29, 1.82) is 0 Å². The summed E-state index contributed by atoms with van der Waals surface area (Å²) in [5.41, 5.74) is 3.89. The SMILES string of the molecule is COc1cc(C(=O)NCc2ccc(C)cc2C)cc(OC)c1OC. The molecule has 0 radical (unpaired) electrons. The van der Waals surface area contributed by atoms with Crippen LogP contribution in [0.3, 0.4) is 0 Å². The van der Waals surface area contributed by atoms with Crippen LogP contribution in [-0.4, -0.2) is 27.2 Å². The maximum absolute atomic E-state index is 12.5. The molecule has 0 bridgehead atoms. The summed E-state index contributed by atoms with van der Waals surface area (Å²) in [6.45, 7) is 4.54. The van der Waals surface area contributed by atoms with E-state index in [2.05, 4.69) is 11.4 Å². The molecule has 24 heavy (non-hydrogen) atoms. The smallest absolute Gasteiger partial charge is 0.251 e. The molecule has 0 aliphatic carbocycles. The van der Waals surface area contributed by atoms with Crippen LogP contribution < -0.4 is 19.5 Å². The van der Waals surface area contributed by atoms with Gasteiger partial charge in [-0.05, 0) is 37.1 Å². The number of amides is 1. The highest BCUT2D eigenvalue weighted by Crippen LogP contribution is 2.38. The molecule has 5 nitrogen and oxygen atoms in total.